The number of amides is 1. The molecule has 1 amide bonds. The van der Waals surface area contributed by atoms with Crippen molar-refractivity contribution < 1.29 is 35.4 Å². The summed E-state index contributed by atoms with van der Waals surface area (Å²) in [5.74, 6) is -0.995. The average Bonchev–Trinajstić information content (AvgIpc) is 2.31. The molecule has 0 spiro atoms. The van der Waals surface area contributed by atoms with E-state index in [0.29, 0.717) is 0 Å². The van der Waals surface area contributed by atoms with Gasteiger partial charge in [0.05, 0.1) is 13.2 Å². The fourth-order valence-electron chi connectivity index (χ4n) is 0.961. The molecule has 0 fully saturated rings. The third kappa shape index (κ3) is 4.39. The Labute approximate surface area is 91.8 Å². The van der Waals surface area contributed by atoms with Crippen LogP contribution in [0, 0.1) is 0 Å². The summed E-state index contributed by atoms with van der Waals surface area (Å²) in [6.45, 7) is -1.26. The van der Waals surface area contributed by atoms with Gasteiger partial charge in [-0.1, -0.05) is 0 Å². The van der Waals surface area contributed by atoms with Gasteiger partial charge in [0.1, 0.15) is 18.3 Å². The van der Waals surface area contributed by atoms with E-state index in [1.165, 1.54) is 0 Å². The van der Waals surface area contributed by atoms with Gasteiger partial charge in [-0.15, -0.1) is 0 Å². The Morgan fingerprint density at radius 2 is 1.62 bits per heavy atom. The van der Waals surface area contributed by atoms with Crippen LogP contribution >= 0.6 is 0 Å². The van der Waals surface area contributed by atoms with Crippen molar-refractivity contribution in [1.82, 2.24) is 5.32 Å². The van der Waals surface area contributed by atoms with Gasteiger partial charge in [0.15, 0.2) is 6.10 Å². The molecule has 0 saturated carbocycles. The van der Waals surface area contributed by atoms with Gasteiger partial charge in [0.2, 0.25) is 0 Å². The molecule has 0 heterocycles. The van der Waals surface area contributed by atoms with Gasteiger partial charge in [0, 0.05) is 6.54 Å². The van der Waals surface area contributed by atoms with Gasteiger partial charge < -0.3 is 36.0 Å². The van der Waals surface area contributed by atoms with Gasteiger partial charge in [-0.05, 0) is 0 Å². The standard InChI is InChI=1S/C8H17NO7/c10-2-1-9-8(16)7(15)6(14)5(13)4(12)3-11/h4-7,10-15H,1-3H2,(H,9,16)/t4-,5+,6-,7-/m1/s1. The van der Waals surface area contributed by atoms with Crippen LogP contribution in [0.15, 0.2) is 0 Å². The molecule has 7 N–H and O–H groups in total. The van der Waals surface area contributed by atoms with Crippen molar-refractivity contribution in [2.24, 2.45) is 0 Å². The molecule has 0 unspecified atom stereocenters. The SMILES string of the molecule is O=C(NCCO)[C@H](O)[C@H](O)[C@@H](O)[C@H](O)CO. The predicted octanol–water partition coefficient (Wildman–Crippen LogP) is -4.47. The first-order valence-corrected chi connectivity index (χ1v) is 4.67. The summed E-state index contributed by atoms with van der Waals surface area (Å²) in [6.07, 6.45) is -7.39. The van der Waals surface area contributed by atoms with Crippen molar-refractivity contribution in [2.45, 2.75) is 24.4 Å². The maximum absolute atomic E-state index is 11.1. The zero-order valence-corrected chi connectivity index (χ0v) is 8.52. The van der Waals surface area contributed by atoms with Crippen LogP contribution in [0.2, 0.25) is 0 Å². The zero-order chi connectivity index (χ0) is 12.7. The summed E-state index contributed by atoms with van der Waals surface area (Å²) in [6, 6.07) is 0. The molecule has 0 rings (SSSR count). The summed E-state index contributed by atoms with van der Waals surface area (Å²) >= 11 is 0. The Balaban J connectivity index is 4.25. The third-order valence-electron chi connectivity index (χ3n) is 1.93. The van der Waals surface area contributed by atoms with Crippen LogP contribution in [-0.2, 0) is 4.79 Å². The van der Waals surface area contributed by atoms with E-state index in [2.05, 4.69) is 5.32 Å². The predicted molar refractivity (Wildman–Crippen MR) is 51.2 cm³/mol. The lowest BCUT2D eigenvalue weighted by molar-refractivity contribution is -0.149. The lowest BCUT2D eigenvalue weighted by atomic mass is 10.0. The van der Waals surface area contributed by atoms with Gasteiger partial charge >= 0.3 is 0 Å². The molecular weight excluding hydrogens is 222 g/mol. The maximum atomic E-state index is 11.1. The lowest BCUT2D eigenvalue weighted by Crippen LogP contribution is -2.51. The minimum Gasteiger partial charge on any atom is -0.395 e. The second-order valence-corrected chi connectivity index (χ2v) is 3.19. The zero-order valence-electron chi connectivity index (χ0n) is 8.52. The van der Waals surface area contributed by atoms with Gasteiger partial charge in [-0.25, -0.2) is 0 Å². The van der Waals surface area contributed by atoms with Crippen LogP contribution in [-0.4, -0.2) is 80.7 Å². The average molecular weight is 239 g/mol. The molecule has 0 saturated heterocycles. The second kappa shape index (κ2) is 7.49. The molecule has 8 nitrogen and oxygen atoms in total. The Morgan fingerprint density at radius 1 is 1.06 bits per heavy atom. The number of carbonyl (C=O) groups is 1. The normalized spacial score (nSPS) is 18.6. The van der Waals surface area contributed by atoms with Gasteiger partial charge in [-0.3, -0.25) is 4.79 Å². The van der Waals surface area contributed by atoms with E-state index in [9.17, 15) is 20.1 Å². The van der Waals surface area contributed by atoms with E-state index in [0.717, 1.165) is 0 Å². The first-order valence-electron chi connectivity index (χ1n) is 4.67. The topological polar surface area (TPSA) is 150 Å². The van der Waals surface area contributed by atoms with Crippen LogP contribution < -0.4 is 5.32 Å². The van der Waals surface area contributed by atoms with Crippen molar-refractivity contribution in [1.29, 1.82) is 0 Å². The summed E-state index contributed by atoms with van der Waals surface area (Å²) in [4.78, 5) is 11.1. The van der Waals surface area contributed by atoms with E-state index >= 15 is 0 Å². The fourth-order valence-corrected chi connectivity index (χ4v) is 0.961. The van der Waals surface area contributed by atoms with E-state index in [1.807, 2.05) is 0 Å². The quantitative estimate of drug-likeness (QED) is 0.237. The summed E-state index contributed by atoms with van der Waals surface area (Å²) in [7, 11) is 0. The molecule has 0 radical (unpaired) electrons. The van der Waals surface area contributed by atoms with Gasteiger partial charge in [-0.2, -0.15) is 0 Å². The highest BCUT2D eigenvalue weighted by Gasteiger charge is 2.33. The maximum Gasteiger partial charge on any atom is 0.251 e. The van der Waals surface area contributed by atoms with E-state index < -0.39 is 36.9 Å². The fraction of sp³-hybridized carbons (Fsp3) is 0.875. The van der Waals surface area contributed by atoms with Crippen molar-refractivity contribution in [2.75, 3.05) is 19.8 Å². The largest absolute Gasteiger partial charge is 0.395 e. The molecule has 0 bridgehead atoms. The Hall–Kier alpha value is -0.770. The van der Waals surface area contributed by atoms with Crippen LogP contribution in [0.1, 0.15) is 0 Å². The molecule has 8 heteroatoms. The minimum atomic E-state index is -1.96. The number of rotatable bonds is 7. The molecule has 0 aliphatic rings. The van der Waals surface area contributed by atoms with Crippen molar-refractivity contribution in [3.63, 3.8) is 0 Å². The molecule has 0 aromatic carbocycles. The first-order chi connectivity index (χ1) is 7.45. The molecular formula is C8H17NO7. The summed E-state index contributed by atoms with van der Waals surface area (Å²) in [5, 5.41) is 55.6. The number of hydrogen-bond donors (Lipinski definition) is 7. The number of aliphatic hydroxyl groups excluding tert-OH is 6. The van der Waals surface area contributed by atoms with Gasteiger partial charge in [0.25, 0.3) is 5.91 Å². The van der Waals surface area contributed by atoms with Crippen molar-refractivity contribution in [3.05, 3.63) is 0 Å². The Bertz CT molecular complexity index is 213. The number of hydrogen-bond acceptors (Lipinski definition) is 7. The number of carbonyl (C=O) groups excluding carboxylic acids is 1. The third-order valence-corrected chi connectivity index (χ3v) is 1.93. The second-order valence-electron chi connectivity index (χ2n) is 3.19. The van der Waals surface area contributed by atoms with E-state index in [-0.39, 0.29) is 13.2 Å². The van der Waals surface area contributed by atoms with Crippen LogP contribution in [0.4, 0.5) is 0 Å². The molecule has 0 aliphatic carbocycles. The molecule has 0 aromatic heterocycles. The van der Waals surface area contributed by atoms with Crippen molar-refractivity contribution in [3.8, 4) is 0 Å². The summed E-state index contributed by atoms with van der Waals surface area (Å²) in [5.41, 5.74) is 0. The van der Waals surface area contributed by atoms with Crippen molar-refractivity contribution >= 4 is 5.91 Å². The molecule has 16 heavy (non-hydrogen) atoms. The summed E-state index contributed by atoms with van der Waals surface area (Å²) < 4.78 is 0. The monoisotopic (exact) mass is 239 g/mol. The molecule has 4 atom stereocenters. The van der Waals surface area contributed by atoms with Crippen LogP contribution in [0.25, 0.3) is 0 Å². The molecule has 0 aliphatic heterocycles. The van der Waals surface area contributed by atoms with E-state index in [4.69, 9.17) is 15.3 Å². The Kier molecular flexibility index (Phi) is 7.13. The number of aliphatic hydroxyl groups is 6. The molecule has 96 valence electrons. The highest BCUT2D eigenvalue weighted by molar-refractivity contribution is 5.81. The van der Waals surface area contributed by atoms with E-state index in [1.54, 1.807) is 0 Å². The first kappa shape index (κ1) is 15.2. The van der Waals surface area contributed by atoms with Crippen LogP contribution in [0.5, 0.6) is 0 Å². The number of nitrogens with one attached hydrogen (secondary N) is 1. The highest BCUT2D eigenvalue weighted by Crippen LogP contribution is 2.05. The smallest absolute Gasteiger partial charge is 0.251 e. The lowest BCUT2D eigenvalue weighted by Gasteiger charge is -2.24. The molecule has 0 aromatic rings. The highest BCUT2D eigenvalue weighted by atomic mass is 16.4. The minimum absolute atomic E-state index is 0.110. The van der Waals surface area contributed by atoms with Crippen LogP contribution in [0.3, 0.4) is 0 Å². The Morgan fingerprint density at radius 3 is 2.06 bits per heavy atom.